The maximum Gasteiger partial charge on any atom is 0.411 e. The van der Waals surface area contributed by atoms with Crippen LogP contribution in [0.25, 0.3) is 11.1 Å². The van der Waals surface area contributed by atoms with Gasteiger partial charge in [-0.1, -0.05) is 0 Å². The summed E-state index contributed by atoms with van der Waals surface area (Å²) < 4.78 is 45.8. The number of carbonyl (C=O) groups is 1. The average Bonchev–Trinajstić information content (AvgIpc) is 2.99. The Hall–Kier alpha value is -2.54. The summed E-state index contributed by atoms with van der Waals surface area (Å²) in [7, 11) is 2.00. The highest BCUT2D eigenvalue weighted by atomic mass is 19.1. The molecule has 4 nitrogen and oxygen atoms in total. The number of nitrogens with zero attached hydrogens (tertiary/aromatic N) is 1. The third kappa shape index (κ3) is 4.54. The van der Waals surface area contributed by atoms with Gasteiger partial charge in [0.2, 0.25) is 0 Å². The zero-order valence-electron chi connectivity index (χ0n) is 14.3. The largest absolute Gasteiger partial charge is 0.449 e. The van der Waals surface area contributed by atoms with Gasteiger partial charge in [0.25, 0.3) is 0 Å². The molecule has 1 fully saturated rings. The highest BCUT2D eigenvalue weighted by molar-refractivity contribution is 5.91. The Morgan fingerprint density at radius 1 is 1.15 bits per heavy atom. The van der Waals surface area contributed by atoms with Crippen LogP contribution in [0.3, 0.4) is 0 Å². The molecule has 0 aromatic heterocycles. The number of anilines is 1. The van der Waals surface area contributed by atoms with E-state index in [1.807, 2.05) is 7.05 Å². The molecular weight excluding hydrogens is 345 g/mol. The van der Waals surface area contributed by atoms with Crippen LogP contribution < -0.4 is 5.32 Å². The zero-order valence-corrected chi connectivity index (χ0v) is 14.3. The number of halogens is 3. The molecule has 0 unspecified atom stereocenters. The fourth-order valence-electron chi connectivity index (χ4n) is 3.08. The summed E-state index contributed by atoms with van der Waals surface area (Å²) in [4.78, 5) is 14.2. The fourth-order valence-corrected chi connectivity index (χ4v) is 3.08. The van der Waals surface area contributed by atoms with Gasteiger partial charge in [-0.3, -0.25) is 5.32 Å². The Morgan fingerprint density at radius 2 is 1.88 bits per heavy atom. The molecule has 0 aliphatic carbocycles. The van der Waals surface area contributed by atoms with Crippen molar-refractivity contribution in [3.8, 4) is 11.1 Å². The highest BCUT2D eigenvalue weighted by Crippen LogP contribution is 2.30. The molecule has 0 radical (unpaired) electrons. The smallest absolute Gasteiger partial charge is 0.411 e. The number of amides is 1. The number of hydrogen-bond donors (Lipinski definition) is 1. The number of carbonyl (C=O) groups excluding carboxylic acids is 1. The van der Waals surface area contributed by atoms with Crippen molar-refractivity contribution < 1.29 is 22.7 Å². The molecule has 0 saturated carbocycles. The van der Waals surface area contributed by atoms with Crippen LogP contribution in [0.5, 0.6) is 0 Å². The van der Waals surface area contributed by atoms with Gasteiger partial charge in [-0.05, 0) is 55.9 Å². The van der Waals surface area contributed by atoms with Crippen molar-refractivity contribution in [2.24, 2.45) is 5.92 Å². The van der Waals surface area contributed by atoms with Crippen LogP contribution in [0.2, 0.25) is 0 Å². The van der Waals surface area contributed by atoms with Crippen LogP contribution in [0.1, 0.15) is 6.42 Å². The minimum Gasteiger partial charge on any atom is -0.449 e. The first-order valence-electron chi connectivity index (χ1n) is 8.29. The predicted molar refractivity (Wildman–Crippen MR) is 92.3 cm³/mol. The van der Waals surface area contributed by atoms with Gasteiger partial charge in [0.15, 0.2) is 0 Å². The number of ether oxygens (including phenoxy) is 1. The summed E-state index contributed by atoms with van der Waals surface area (Å²) in [6, 6.07) is 6.46. The lowest BCUT2D eigenvalue weighted by Crippen LogP contribution is -2.21. The SMILES string of the molecule is CN1CC[C@H](COC(=O)Nc2ccc(F)cc2-c2cc(F)cc(F)c2)C1. The van der Waals surface area contributed by atoms with E-state index in [4.69, 9.17) is 4.74 Å². The molecule has 1 aliphatic heterocycles. The average molecular weight is 364 g/mol. The molecular formula is C19H19F3N2O2. The molecule has 1 aliphatic rings. The topological polar surface area (TPSA) is 41.6 Å². The third-order valence-electron chi connectivity index (χ3n) is 4.33. The van der Waals surface area contributed by atoms with Gasteiger partial charge in [-0.15, -0.1) is 0 Å². The Labute approximate surface area is 149 Å². The zero-order chi connectivity index (χ0) is 18.7. The molecule has 0 spiro atoms. The maximum atomic E-state index is 13.6. The number of nitrogens with one attached hydrogen (secondary N) is 1. The summed E-state index contributed by atoms with van der Waals surface area (Å²) in [5.74, 6) is -1.89. The van der Waals surface area contributed by atoms with Crippen LogP contribution >= 0.6 is 0 Å². The molecule has 7 heteroatoms. The molecule has 1 heterocycles. The minimum absolute atomic E-state index is 0.120. The van der Waals surface area contributed by atoms with E-state index in [1.165, 1.54) is 6.07 Å². The van der Waals surface area contributed by atoms with Gasteiger partial charge in [0.1, 0.15) is 17.5 Å². The van der Waals surface area contributed by atoms with Gasteiger partial charge < -0.3 is 9.64 Å². The number of likely N-dealkylation sites (tertiary alicyclic amines) is 1. The van der Waals surface area contributed by atoms with Crippen molar-refractivity contribution in [1.29, 1.82) is 0 Å². The van der Waals surface area contributed by atoms with Gasteiger partial charge >= 0.3 is 6.09 Å². The van der Waals surface area contributed by atoms with E-state index < -0.39 is 23.5 Å². The molecule has 1 saturated heterocycles. The van der Waals surface area contributed by atoms with Crippen molar-refractivity contribution in [2.75, 3.05) is 32.1 Å². The van der Waals surface area contributed by atoms with Gasteiger partial charge in [0.05, 0.1) is 12.3 Å². The summed E-state index contributed by atoms with van der Waals surface area (Å²) >= 11 is 0. The van der Waals surface area contributed by atoms with Crippen LogP contribution in [0, 0.1) is 23.4 Å². The van der Waals surface area contributed by atoms with Gasteiger partial charge in [-0.25, -0.2) is 18.0 Å². The normalized spacial score (nSPS) is 17.3. The van der Waals surface area contributed by atoms with E-state index in [9.17, 15) is 18.0 Å². The lowest BCUT2D eigenvalue weighted by Gasteiger charge is -2.14. The second kappa shape index (κ2) is 7.78. The summed E-state index contributed by atoms with van der Waals surface area (Å²) in [6.07, 6.45) is 0.262. The summed E-state index contributed by atoms with van der Waals surface area (Å²) in [5.41, 5.74) is 0.501. The quantitative estimate of drug-likeness (QED) is 0.881. The monoisotopic (exact) mass is 364 g/mol. The molecule has 1 N–H and O–H groups in total. The van der Waals surface area contributed by atoms with Gasteiger partial charge in [-0.2, -0.15) is 0 Å². The molecule has 138 valence electrons. The third-order valence-corrected chi connectivity index (χ3v) is 4.33. The molecule has 1 amide bonds. The molecule has 3 rings (SSSR count). The standard InChI is InChI=1S/C19H19F3N2O2/c1-24-5-4-12(10-24)11-26-19(25)23-18-3-2-14(20)9-17(18)13-6-15(21)8-16(22)7-13/h2-3,6-9,12H,4-5,10-11H2,1H3,(H,23,25)/t12-/m0/s1. The Kier molecular flexibility index (Phi) is 5.46. The molecule has 1 atom stereocenters. The van der Waals surface area contributed by atoms with Crippen LogP contribution in [0.4, 0.5) is 23.7 Å². The number of rotatable bonds is 4. The lowest BCUT2D eigenvalue weighted by molar-refractivity contribution is 0.142. The molecule has 0 bridgehead atoms. The van der Waals surface area contributed by atoms with E-state index in [-0.39, 0.29) is 29.3 Å². The Balaban J connectivity index is 1.74. The highest BCUT2D eigenvalue weighted by Gasteiger charge is 2.21. The van der Waals surface area contributed by atoms with E-state index in [2.05, 4.69) is 10.2 Å². The van der Waals surface area contributed by atoms with Crippen LogP contribution in [-0.4, -0.2) is 37.7 Å². The van der Waals surface area contributed by atoms with Crippen molar-refractivity contribution >= 4 is 11.8 Å². The Morgan fingerprint density at radius 3 is 2.54 bits per heavy atom. The second-order valence-electron chi connectivity index (χ2n) is 6.49. The van der Waals surface area contributed by atoms with Crippen molar-refractivity contribution in [3.63, 3.8) is 0 Å². The lowest BCUT2D eigenvalue weighted by atomic mass is 10.0. The van der Waals surface area contributed by atoms with Crippen molar-refractivity contribution in [1.82, 2.24) is 4.90 Å². The second-order valence-corrected chi connectivity index (χ2v) is 6.49. The number of hydrogen-bond acceptors (Lipinski definition) is 3. The molecule has 26 heavy (non-hydrogen) atoms. The summed E-state index contributed by atoms with van der Waals surface area (Å²) in [5, 5.41) is 2.52. The molecule has 2 aromatic rings. The number of benzene rings is 2. The van der Waals surface area contributed by atoms with E-state index >= 15 is 0 Å². The van der Waals surface area contributed by atoms with E-state index in [1.54, 1.807) is 0 Å². The van der Waals surface area contributed by atoms with Crippen molar-refractivity contribution in [2.45, 2.75) is 6.42 Å². The Bertz CT molecular complexity index is 793. The first kappa shape index (κ1) is 18.3. The van der Waals surface area contributed by atoms with E-state index in [0.717, 1.165) is 49.8 Å². The van der Waals surface area contributed by atoms with E-state index in [0.29, 0.717) is 0 Å². The van der Waals surface area contributed by atoms with Crippen molar-refractivity contribution in [3.05, 3.63) is 53.8 Å². The summed E-state index contributed by atoms with van der Waals surface area (Å²) in [6.45, 7) is 2.10. The fraction of sp³-hybridized carbons (Fsp3) is 0.316. The minimum atomic E-state index is -0.789. The van der Waals surface area contributed by atoms with Gasteiger partial charge in [0, 0.05) is 24.1 Å². The maximum absolute atomic E-state index is 13.6. The molecule has 2 aromatic carbocycles. The first-order chi connectivity index (χ1) is 12.4. The van der Waals surface area contributed by atoms with Crippen LogP contribution in [0.15, 0.2) is 36.4 Å². The van der Waals surface area contributed by atoms with Crippen LogP contribution in [-0.2, 0) is 4.74 Å². The first-order valence-corrected chi connectivity index (χ1v) is 8.29. The predicted octanol–water partition coefficient (Wildman–Crippen LogP) is 4.27.